The Kier molecular flexibility index (Phi) is 5.39. The maximum atomic E-state index is 12.8. The summed E-state index contributed by atoms with van der Waals surface area (Å²) in [6, 6.07) is 2.78. The van der Waals surface area contributed by atoms with Gasteiger partial charge in [-0.3, -0.25) is 0 Å². The van der Waals surface area contributed by atoms with Gasteiger partial charge in [-0.25, -0.2) is 0 Å². The monoisotopic (exact) mass is 381 g/mol. The normalized spacial score (nSPS) is 19.1. The smallest absolute Gasteiger partial charge is 0.416 e. The van der Waals surface area contributed by atoms with Gasteiger partial charge in [0.05, 0.1) is 17.0 Å². The first kappa shape index (κ1) is 19.6. The molecule has 1 aromatic carbocycles. The molecule has 2 aromatic rings. The molecule has 0 bridgehead atoms. The highest BCUT2D eigenvalue weighted by molar-refractivity contribution is 5.70. The zero-order chi connectivity index (χ0) is 19.8. The van der Waals surface area contributed by atoms with E-state index in [1.165, 1.54) is 6.07 Å². The zero-order valence-corrected chi connectivity index (χ0v) is 15.1. The van der Waals surface area contributed by atoms with E-state index in [0.29, 0.717) is 29.6 Å². The van der Waals surface area contributed by atoms with Gasteiger partial charge in [-0.1, -0.05) is 0 Å². The van der Waals surface area contributed by atoms with Crippen LogP contribution in [0.5, 0.6) is 5.75 Å². The Bertz CT molecular complexity index is 834. The molecule has 2 heterocycles. The summed E-state index contributed by atoms with van der Waals surface area (Å²) in [4.78, 5) is 0. The number of phenols is 1. The van der Waals surface area contributed by atoms with Crippen LogP contribution in [0, 0.1) is 19.8 Å². The second kappa shape index (κ2) is 7.44. The van der Waals surface area contributed by atoms with Crippen LogP contribution >= 0.6 is 0 Å². The van der Waals surface area contributed by atoms with Crippen LogP contribution in [0.3, 0.4) is 0 Å². The van der Waals surface area contributed by atoms with E-state index >= 15 is 0 Å². The molecule has 8 heteroatoms. The van der Waals surface area contributed by atoms with Crippen LogP contribution in [0.25, 0.3) is 11.3 Å². The van der Waals surface area contributed by atoms with Crippen molar-refractivity contribution in [3.05, 3.63) is 40.6 Å². The van der Waals surface area contributed by atoms with Gasteiger partial charge in [0.2, 0.25) is 0 Å². The van der Waals surface area contributed by atoms with Crippen molar-refractivity contribution in [3.63, 3.8) is 0 Å². The third-order valence-electron chi connectivity index (χ3n) is 5.20. The van der Waals surface area contributed by atoms with Crippen LogP contribution in [-0.2, 0) is 6.18 Å². The molecule has 3 N–H and O–H groups in total. The third kappa shape index (κ3) is 3.91. The number of alkyl halides is 3. The van der Waals surface area contributed by atoms with Gasteiger partial charge in [-0.15, -0.1) is 5.10 Å². The van der Waals surface area contributed by atoms with Crippen molar-refractivity contribution < 1.29 is 23.4 Å². The first-order valence-electron chi connectivity index (χ1n) is 8.83. The van der Waals surface area contributed by atoms with Crippen LogP contribution < -0.4 is 5.32 Å². The molecule has 2 atom stereocenters. The van der Waals surface area contributed by atoms with Crippen molar-refractivity contribution in [2.45, 2.75) is 39.0 Å². The molecule has 0 aliphatic carbocycles. The Morgan fingerprint density at radius 1 is 1.19 bits per heavy atom. The Morgan fingerprint density at radius 2 is 1.93 bits per heavy atom. The van der Waals surface area contributed by atoms with Gasteiger partial charge < -0.3 is 15.5 Å². The Hall–Kier alpha value is -2.19. The van der Waals surface area contributed by atoms with Crippen LogP contribution in [0.1, 0.15) is 41.3 Å². The van der Waals surface area contributed by atoms with Crippen molar-refractivity contribution in [3.8, 4) is 17.0 Å². The van der Waals surface area contributed by atoms with Gasteiger partial charge >= 0.3 is 6.18 Å². The fourth-order valence-corrected chi connectivity index (χ4v) is 3.44. The van der Waals surface area contributed by atoms with Gasteiger partial charge in [0.15, 0.2) is 0 Å². The van der Waals surface area contributed by atoms with Crippen molar-refractivity contribution >= 4 is 0 Å². The topological polar surface area (TPSA) is 78.3 Å². The van der Waals surface area contributed by atoms with Gasteiger partial charge in [-0.05, 0) is 62.6 Å². The number of aromatic nitrogens is 2. The standard InChI is InChI=1S/C19H22F3N3O2/c1-10-11(2)17(18(27)12-4-3-7-23-9-12)25-24-16(10)14-6-5-13(8-15(14)26)19(20,21)22/h5-6,8,12,18,23,26-27H,3-4,7,9H2,1-2H3. The summed E-state index contributed by atoms with van der Waals surface area (Å²) < 4.78 is 38.4. The molecule has 27 heavy (non-hydrogen) atoms. The first-order valence-corrected chi connectivity index (χ1v) is 8.83. The maximum Gasteiger partial charge on any atom is 0.416 e. The molecule has 1 saturated heterocycles. The minimum absolute atomic E-state index is 0.0384. The predicted molar refractivity (Wildman–Crippen MR) is 94.2 cm³/mol. The molecule has 0 saturated carbocycles. The van der Waals surface area contributed by atoms with E-state index < -0.39 is 23.6 Å². The zero-order valence-electron chi connectivity index (χ0n) is 15.1. The number of piperidine rings is 1. The maximum absolute atomic E-state index is 12.8. The quantitative estimate of drug-likeness (QED) is 0.758. The summed E-state index contributed by atoms with van der Waals surface area (Å²) in [5, 5.41) is 32.3. The number of nitrogens with one attached hydrogen (secondary N) is 1. The lowest BCUT2D eigenvalue weighted by atomic mass is 9.89. The first-order chi connectivity index (χ1) is 12.7. The summed E-state index contributed by atoms with van der Waals surface area (Å²) in [6.45, 7) is 5.18. The highest BCUT2D eigenvalue weighted by Gasteiger charge is 2.32. The Labute approximate surface area is 155 Å². The number of halogens is 3. The highest BCUT2D eigenvalue weighted by Crippen LogP contribution is 2.38. The van der Waals surface area contributed by atoms with Gasteiger partial charge in [-0.2, -0.15) is 18.3 Å². The number of nitrogens with zero attached hydrogens (tertiary/aromatic N) is 2. The molecule has 2 unspecified atom stereocenters. The SMILES string of the molecule is Cc1c(-c2ccc(C(F)(F)F)cc2O)nnc(C(O)C2CCCNC2)c1C. The number of aliphatic hydroxyl groups is 1. The van der Waals surface area contributed by atoms with Crippen LogP contribution in [0.4, 0.5) is 13.2 Å². The van der Waals surface area contributed by atoms with Crippen LogP contribution in [0.2, 0.25) is 0 Å². The van der Waals surface area contributed by atoms with Crippen molar-refractivity contribution in [2.75, 3.05) is 13.1 Å². The molecular formula is C19H22F3N3O2. The second-order valence-electron chi connectivity index (χ2n) is 6.96. The minimum atomic E-state index is -4.53. The molecule has 146 valence electrons. The molecule has 5 nitrogen and oxygen atoms in total. The summed E-state index contributed by atoms with van der Waals surface area (Å²) in [7, 11) is 0. The fraction of sp³-hybridized carbons (Fsp3) is 0.474. The number of aliphatic hydroxyl groups excluding tert-OH is 1. The van der Waals surface area contributed by atoms with Gasteiger partial charge in [0.1, 0.15) is 11.9 Å². The molecule has 1 aromatic heterocycles. The number of hydrogen-bond donors (Lipinski definition) is 3. The van der Waals surface area contributed by atoms with Gasteiger partial charge in [0, 0.05) is 18.0 Å². The van der Waals surface area contributed by atoms with E-state index in [0.717, 1.165) is 31.0 Å². The van der Waals surface area contributed by atoms with E-state index in [1.807, 2.05) is 0 Å². The fourth-order valence-electron chi connectivity index (χ4n) is 3.44. The number of benzene rings is 1. The largest absolute Gasteiger partial charge is 0.507 e. The summed E-state index contributed by atoms with van der Waals surface area (Å²) in [5.41, 5.74) is 1.41. The third-order valence-corrected chi connectivity index (χ3v) is 5.20. The molecule has 0 amide bonds. The highest BCUT2D eigenvalue weighted by atomic mass is 19.4. The summed E-state index contributed by atoms with van der Waals surface area (Å²) >= 11 is 0. The number of hydrogen-bond acceptors (Lipinski definition) is 5. The average molecular weight is 381 g/mol. The van der Waals surface area contributed by atoms with E-state index in [2.05, 4.69) is 15.5 Å². The van der Waals surface area contributed by atoms with E-state index in [9.17, 15) is 23.4 Å². The lowest BCUT2D eigenvalue weighted by molar-refractivity contribution is -0.137. The summed E-state index contributed by atoms with van der Waals surface area (Å²) in [6.07, 6.45) is -3.44. The van der Waals surface area contributed by atoms with Crippen LogP contribution in [-0.4, -0.2) is 33.5 Å². The van der Waals surface area contributed by atoms with E-state index in [1.54, 1.807) is 13.8 Å². The van der Waals surface area contributed by atoms with Crippen molar-refractivity contribution in [2.24, 2.45) is 5.92 Å². The predicted octanol–water partition coefficient (Wildman–Crippen LogP) is 3.52. The lowest BCUT2D eigenvalue weighted by Crippen LogP contribution is -2.34. The molecule has 1 aliphatic rings. The number of rotatable bonds is 3. The Balaban J connectivity index is 1.95. The van der Waals surface area contributed by atoms with Crippen molar-refractivity contribution in [1.29, 1.82) is 0 Å². The molecule has 1 fully saturated rings. The minimum Gasteiger partial charge on any atom is -0.507 e. The van der Waals surface area contributed by atoms with Crippen LogP contribution in [0.15, 0.2) is 18.2 Å². The summed E-state index contributed by atoms with van der Waals surface area (Å²) in [5.74, 6) is -0.470. The second-order valence-corrected chi connectivity index (χ2v) is 6.96. The average Bonchev–Trinajstić information content (AvgIpc) is 2.64. The molecule has 3 rings (SSSR count). The van der Waals surface area contributed by atoms with E-state index in [-0.39, 0.29) is 11.5 Å². The molecule has 0 radical (unpaired) electrons. The van der Waals surface area contributed by atoms with Crippen molar-refractivity contribution in [1.82, 2.24) is 15.5 Å². The number of phenolic OH excluding ortho intramolecular Hbond substituents is 1. The lowest BCUT2D eigenvalue weighted by Gasteiger charge is -2.28. The van der Waals surface area contributed by atoms with E-state index in [4.69, 9.17) is 0 Å². The molecule has 1 aliphatic heterocycles. The number of aromatic hydroxyl groups is 1. The molecular weight excluding hydrogens is 359 g/mol. The van der Waals surface area contributed by atoms with Gasteiger partial charge in [0.25, 0.3) is 0 Å². The Morgan fingerprint density at radius 3 is 2.52 bits per heavy atom. The molecule has 0 spiro atoms.